The molecule has 0 aliphatic rings. The van der Waals surface area contributed by atoms with Crippen LogP contribution in [0, 0.1) is 0 Å². The largest absolute Gasteiger partial charge is 0.497 e. The van der Waals surface area contributed by atoms with Crippen molar-refractivity contribution in [2.45, 2.75) is 0 Å². The van der Waals surface area contributed by atoms with Gasteiger partial charge in [0.05, 0.1) is 37.4 Å². The van der Waals surface area contributed by atoms with Crippen LogP contribution in [-0.2, 0) is 14.8 Å². The van der Waals surface area contributed by atoms with Crippen molar-refractivity contribution < 1.29 is 22.7 Å². The predicted octanol–water partition coefficient (Wildman–Crippen LogP) is 2.27. The first kappa shape index (κ1) is 21.5. The molecule has 1 amide bonds. The first-order chi connectivity index (χ1) is 13.3. The molecule has 0 aliphatic heterocycles. The first-order valence-electron chi connectivity index (χ1n) is 8.02. The van der Waals surface area contributed by atoms with E-state index < -0.39 is 22.5 Å². The summed E-state index contributed by atoms with van der Waals surface area (Å²) in [7, 11) is -0.694. The predicted molar refractivity (Wildman–Crippen MR) is 109 cm³/mol. The third-order valence-corrected chi connectivity index (χ3v) is 5.09. The molecule has 2 aromatic rings. The number of halogens is 1. The van der Waals surface area contributed by atoms with E-state index in [9.17, 15) is 13.2 Å². The molecule has 28 heavy (non-hydrogen) atoms. The average molecular weight is 426 g/mol. The molecule has 1 N–H and O–H groups in total. The molecule has 0 saturated carbocycles. The van der Waals surface area contributed by atoms with Crippen molar-refractivity contribution in [1.29, 1.82) is 0 Å². The second-order valence-electron chi connectivity index (χ2n) is 5.62. The second kappa shape index (κ2) is 9.43. The van der Waals surface area contributed by atoms with Crippen molar-refractivity contribution >= 4 is 39.4 Å². The summed E-state index contributed by atoms with van der Waals surface area (Å²) in [6, 6.07) is 11.5. The highest BCUT2D eigenvalue weighted by Gasteiger charge is 2.22. The minimum absolute atomic E-state index is 0.211. The van der Waals surface area contributed by atoms with Gasteiger partial charge in [0.25, 0.3) is 5.91 Å². The maximum atomic E-state index is 12.2. The molecule has 10 heteroatoms. The number of amides is 1. The Balaban J connectivity index is 2.12. The summed E-state index contributed by atoms with van der Waals surface area (Å²) >= 11 is 6.06. The summed E-state index contributed by atoms with van der Waals surface area (Å²) in [5.74, 6) is 0.488. The lowest BCUT2D eigenvalue weighted by atomic mass is 10.2. The number of ether oxygens (including phenoxy) is 2. The lowest BCUT2D eigenvalue weighted by Crippen LogP contribution is -2.39. The first-order valence-corrected chi connectivity index (χ1v) is 10.2. The zero-order valence-electron chi connectivity index (χ0n) is 15.5. The van der Waals surface area contributed by atoms with E-state index in [2.05, 4.69) is 10.5 Å². The standard InChI is InChI=1S/C18H20ClN3O5S/c1-26-14-9-8-13(17(10-14)27-2)11-20-21-18(23)12-22(28(3,24)25)16-7-5-4-6-15(16)19/h4-11H,12H2,1-3H3,(H,21,23)/b20-11-. The monoisotopic (exact) mass is 425 g/mol. The summed E-state index contributed by atoms with van der Waals surface area (Å²) < 4.78 is 35.4. The number of carbonyl (C=O) groups excluding carboxylic acids is 1. The molecule has 0 fully saturated rings. The summed E-state index contributed by atoms with van der Waals surface area (Å²) in [5.41, 5.74) is 3.11. The van der Waals surface area contributed by atoms with Gasteiger partial charge >= 0.3 is 0 Å². The SMILES string of the molecule is COc1ccc(/C=N\NC(=O)CN(c2ccccc2Cl)S(C)(=O)=O)c(OC)c1. The Morgan fingerprint density at radius 3 is 2.54 bits per heavy atom. The number of rotatable bonds is 8. The van der Waals surface area contributed by atoms with E-state index in [0.717, 1.165) is 10.6 Å². The summed E-state index contributed by atoms with van der Waals surface area (Å²) in [6.07, 6.45) is 2.38. The Morgan fingerprint density at radius 1 is 1.21 bits per heavy atom. The molecule has 0 aromatic heterocycles. The normalized spacial score (nSPS) is 11.3. The number of carbonyl (C=O) groups is 1. The van der Waals surface area contributed by atoms with Gasteiger partial charge in [0, 0.05) is 11.6 Å². The number of hydrogen-bond acceptors (Lipinski definition) is 6. The number of benzene rings is 2. The molecule has 0 radical (unpaired) electrons. The smallest absolute Gasteiger partial charge is 0.260 e. The van der Waals surface area contributed by atoms with Crippen LogP contribution >= 0.6 is 11.6 Å². The van der Waals surface area contributed by atoms with Gasteiger partial charge in [0.2, 0.25) is 10.0 Å². The van der Waals surface area contributed by atoms with Gasteiger partial charge in [-0.3, -0.25) is 9.10 Å². The lowest BCUT2D eigenvalue weighted by molar-refractivity contribution is -0.119. The van der Waals surface area contributed by atoms with Gasteiger partial charge in [0.15, 0.2) is 0 Å². The zero-order chi connectivity index (χ0) is 20.7. The van der Waals surface area contributed by atoms with Crippen LogP contribution in [-0.4, -0.2) is 47.6 Å². The number of para-hydroxylation sites is 1. The van der Waals surface area contributed by atoms with Gasteiger partial charge < -0.3 is 9.47 Å². The molecule has 8 nitrogen and oxygen atoms in total. The van der Waals surface area contributed by atoms with E-state index in [4.69, 9.17) is 21.1 Å². The molecular weight excluding hydrogens is 406 g/mol. The van der Waals surface area contributed by atoms with Crippen molar-refractivity contribution in [2.75, 3.05) is 31.3 Å². The van der Waals surface area contributed by atoms with Gasteiger partial charge in [-0.25, -0.2) is 13.8 Å². The Hall–Kier alpha value is -2.78. The number of hydrogen-bond donors (Lipinski definition) is 1. The Labute approximate surface area is 168 Å². The topological polar surface area (TPSA) is 97.3 Å². The van der Waals surface area contributed by atoms with Crippen molar-refractivity contribution in [1.82, 2.24) is 5.43 Å². The quantitative estimate of drug-likeness (QED) is 0.517. The van der Waals surface area contributed by atoms with E-state index in [1.165, 1.54) is 26.5 Å². The lowest BCUT2D eigenvalue weighted by Gasteiger charge is -2.22. The van der Waals surface area contributed by atoms with Crippen molar-refractivity contribution in [3.05, 3.63) is 53.1 Å². The fraction of sp³-hybridized carbons (Fsp3) is 0.222. The highest BCUT2D eigenvalue weighted by Crippen LogP contribution is 2.27. The molecule has 150 valence electrons. The fourth-order valence-electron chi connectivity index (χ4n) is 2.30. The van der Waals surface area contributed by atoms with Crippen LogP contribution in [0.5, 0.6) is 11.5 Å². The van der Waals surface area contributed by atoms with Crippen LogP contribution in [0.15, 0.2) is 47.6 Å². The number of nitrogens with one attached hydrogen (secondary N) is 1. The van der Waals surface area contributed by atoms with Gasteiger partial charge in [-0.1, -0.05) is 23.7 Å². The Bertz CT molecular complexity index is 979. The van der Waals surface area contributed by atoms with Crippen molar-refractivity contribution in [2.24, 2.45) is 5.10 Å². The number of hydrazone groups is 1. The van der Waals surface area contributed by atoms with Crippen LogP contribution in [0.3, 0.4) is 0 Å². The van der Waals surface area contributed by atoms with Gasteiger partial charge in [-0.15, -0.1) is 0 Å². The third-order valence-electron chi connectivity index (χ3n) is 3.64. The van der Waals surface area contributed by atoms with Crippen molar-refractivity contribution in [3.8, 4) is 11.5 Å². The van der Waals surface area contributed by atoms with Crippen LogP contribution in [0.25, 0.3) is 0 Å². The van der Waals surface area contributed by atoms with Crippen LogP contribution in [0.1, 0.15) is 5.56 Å². The molecule has 0 atom stereocenters. The minimum Gasteiger partial charge on any atom is -0.497 e. The second-order valence-corrected chi connectivity index (χ2v) is 7.94. The minimum atomic E-state index is -3.73. The summed E-state index contributed by atoms with van der Waals surface area (Å²) in [6.45, 7) is -0.473. The highest BCUT2D eigenvalue weighted by atomic mass is 35.5. The molecule has 0 unspecified atom stereocenters. The average Bonchev–Trinajstić information content (AvgIpc) is 2.66. The molecular formula is C18H20ClN3O5S. The number of anilines is 1. The number of sulfonamides is 1. The van der Waals surface area contributed by atoms with Gasteiger partial charge in [-0.2, -0.15) is 5.10 Å². The molecule has 0 heterocycles. The Morgan fingerprint density at radius 2 is 1.93 bits per heavy atom. The summed E-state index contributed by atoms with van der Waals surface area (Å²) in [5, 5.41) is 4.07. The summed E-state index contributed by atoms with van der Waals surface area (Å²) in [4.78, 5) is 12.2. The molecule has 0 saturated heterocycles. The molecule has 2 aromatic carbocycles. The van der Waals surface area contributed by atoms with Gasteiger partial charge in [-0.05, 0) is 24.3 Å². The van der Waals surface area contributed by atoms with Crippen LogP contribution in [0.2, 0.25) is 5.02 Å². The number of nitrogens with zero attached hydrogens (tertiary/aromatic N) is 2. The third kappa shape index (κ3) is 5.61. The van der Waals surface area contributed by atoms with Gasteiger partial charge in [0.1, 0.15) is 18.0 Å². The van der Waals surface area contributed by atoms with E-state index in [-0.39, 0.29) is 10.7 Å². The van der Waals surface area contributed by atoms with E-state index in [1.807, 2.05) is 0 Å². The van der Waals surface area contributed by atoms with Crippen LogP contribution in [0.4, 0.5) is 5.69 Å². The number of methoxy groups -OCH3 is 2. The molecule has 2 rings (SSSR count). The van der Waals surface area contributed by atoms with E-state index >= 15 is 0 Å². The zero-order valence-corrected chi connectivity index (χ0v) is 17.1. The maximum Gasteiger partial charge on any atom is 0.260 e. The van der Waals surface area contributed by atoms with Crippen LogP contribution < -0.4 is 19.2 Å². The van der Waals surface area contributed by atoms with E-state index in [0.29, 0.717) is 17.1 Å². The highest BCUT2D eigenvalue weighted by molar-refractivity contribution is 7.92. The van der Waals surface area contributed by atoms with Crippen molar-refractivity contribution in [3.63, 3.8) is 0 Å². The maximum absolute atomic E-state index is 12.2. The fourth-order valence-corrected chi connectivity index (χ4v) is 3.46. The Kier molecular flexibility index (Phi) is 7.24. The molecule has 0 bridgehead atoms. The molecule has 0 aliphatic carbocycles. The molecule has 0 spiro atoms. The van der Waals surface area contributed by atoms with E-state index in [1.54, 1.807) is 36.4 Å².